The van der Waals surface area contributed by atoms with Crippen LogP contribution < -0.4 is 4.74 Å². The fraction of sp³-hybridized carbons (Fsp3) is 0.450. The second-order valence-corrected chi connectivity index (χ2v) is 6.85. The molecule has 4 atom stereocenters. The van der Waals surface area contributed by atoms with E-state index < -0.39 is 6.10 Å². The van der Waals surface area contributed by atoms with Gasteiger partial charge >= 0.3 is 0 Å². The van der Waals surface area contributed by atoms with Gasteiger partial charge in [0.15, 0.2) is 0 Å². The molecule has 0 radical (unpaired) electrons. The van der Waals surface area contributed by atoms with E-state index in [1.54, 1.807) is 13.3 Å². The van der Waals surface area contributed by atoms with Crippen LogP contribution in [-0.4, -0.2) is 41.2 Å². The van der Waals surface area contributed by atoms with E-state index in [0.29, 0.717) is 5.92 Å². The summed E-state index contributed by atoms with van der Waals surface area (Å²) < 4.78 is 5.35. The zero-order valence-electron chi connectivity index (χ0n) is 14.3. The quantitative estimate of drug-likeness (QED) is 0.880. The van der Waals surface area contributed by atoms with Gasteiger partial charge in [0.2, 0.25) is 0 Å². The van der Waals surface area contributed by atoms with E-state index in [2.05, 4.69) is 22.9 Å². The van der Waals surface area contributed by atoms with Crippen molar-refractivity contribution in [1.29, 1.82) is 0 Å². The zero-order chi connectivity index (χ0) is 16.7. The maximum atomic E-state index is 11.2. The maximum absolute atomic E-state index is 11.2. The van der Waals surface area contributed by atoms with Crippen LogP contribution in [0.15, 0.2) is 42.1 Å². The van der Waals surface area contributed by atoms with E-state index in [1.165, 1.54) is 12.0 Å². The standard InChI is InChI=1S/C20H24N2O2/c1-3-13-12-22-9-7-14(13)10-19(22)20(23)16-6-8-21-18-5-4-15(24-2)11-17(16)18/h3-6,8,11,14,19-20,23H,7,9-10,12H2,1-2H3/b13-3+/t14?,19-,20+/m0/s1. The highest BCUT2D eigenvalue weighted by molar-refractivity contribution is 5.83. The van der Waals surface area contributed by atoms with Gasteiger partial charge in [0, 0.05) is 24.2 Å². The molecule has 3 saturated heterocycles. The van der Waals surface area contributed by atoms with Gasteiger partial charge in [0.25, 0.3) is 0 Å². The normalized spacial score (nSPS) is 29.1. The lowest BCUT2D eigenvalue weighted by Gasteiger charge is -2.48. The number of piperidine rings is 3. The first-order valence-corrected chi connectivity index (χ1v) is 8.71. The highest BCUT2D eigenvalue weighted by atomic mass is 16.5. The summed E-state index contributed by atoms with van der Waals surface area (Å²) in [6, 6.07) is 7.98. The van der Waals surface area contributed by atoms with Crippen molar-refractivity contribution in [2.45, 2.75) is 31.9 Å². The van der Waals surface area contributed by atoms with Gasteiger partial charge in [-0.05, 0) is 62.1 Å². The van der Waals surface area contributed by atoms with Crippen LogP contribution in [0.25, 0.3) is 10.9 Å². The molecule has 3 aliphatic rings. The summed E-state index contributed by atoms with van der Waals surface area (Å²) in [5.41, 5.74) is 3.39. The van der Waals surface area contributed by atoms with Crippen LogP contribution >= 0.6 is 0 Å². The van der Waals surface area contributed by atoms with Crippen LogP contribution in [0.1, 0.15) is 31.4 Å². The van der Waals surface area contributed by atoms with Crippen LogP contribution in [0.5, 0.6) is 5.75 Å². The molecule has 3 fully saturated rings. The molecule has 4 heterocycles. The summed E-state index contributed by atoms with van der Waals surface area (Å²) >= 11 is 0. The van der Waals surface area contributed by atoms with Crippen LogP contribution in [0.4, 0.5) is 0 Å². The smallest absolute Gasteiger partial charge is 0.119 e. The summed E-state index contributed by atoms with van der Waals surface area (Å²) in [7, 11) is 1.66. The highest BCUT2D eigenvalue weighted by Crippen LogP contribution is 2.41. The number of nitrogens with zero attached hydrogens (tertiary/aromatic N) is 2. The third-order valence-electron chi connectivity index (χ3n) is 5.71. The number of rotatable bonds is 3. The van der Waals surface area contributed by atoms with Crippen molar-refractivity contribution < 1.29 is 9.84 Å². The average molecular weight is 324 g/mol. The molecule has 1 aromatic carbocycles. The number of aliphatic hydroxyl groups excluding tert-OH is 1. The minimum atomic E-state index is -0.496. The lowest BCUT2D eigenvalue weighted by molar-refractivity contribution is -0.00340. The Morgan fingerprint density at radius 3 is 2.96 bits per heavy atom. The summed E-state index contributed by atoms with van der Waals surface area (Å²) in [4.78, 5) is 6.87. The molecule has 3 aliphatic heterocycles. The number of aliphatic hydroxyl groups is 1. The van der Waals surface area contributed by atoms with E-state index in [1.807, 2.05) is 24.3 Å². The average Bonchev–Trinajstić information content (AvgIpc) is 2.66. The summed E-state index contributed by atoms with van der Waals surface area (Å²) in [5.74, 6) is 1.42. The van der Waals surface area contributed by atoms with E-state index in [4.69, 9.17) is 4.74 Å². The highest BCUT2D eigenvalue weighted by Gasteiger charge is 2.40. The number of aromatic nitrogens is 1. The van der Waals surface area contributed by atoms with E-state index >= 15 is 0 Å². The zero-order valence-corrected chi connectivity index (χ0v) is 14.3. The lowest BCUT2D eigenvalue weighted by atomic mass is 9.76. The molecule has 4 heteroatoms. The fourth-order valence-corrected chi connectivity index (χ4v) is 4.34. The van der Waals surface area contributed by atoms with Crippen molar-refractivity contribution in [2.75, 3.05) is 20.2 Å². The van der Waals surface area contributed by atoms with Gasteiger partial charge < -0.3 is 9.84 Å². The van der Waals surface area contributed by atoms with E-state index in [0.717, 1.165) is 41.7 Å². The van der Waals surface area contributed by atoms with E-state index in [9.17, 15) is 5.11 Å². The fourth-order valence-electron chi connectivity index (χ4n) is 4.34. The number of pyridine rings is 1. The van der Waals surface area contributed by atoms with Gasteiger partial charge in [0.05, 0.1) is 18.7 Å². The number of allylic oxidation sites excluding steroid dienone is 1. The Morgan fingerprint density at radius 2 is 2.25 bits per heavy atom. The van der Waals surface area contributed by atoms with Crippen LogP contribution in [-0.2, 0) is 0 Å². The minimum Gasteiger partial charge on any atom is -0.497 e. The summed E-state index contributed by atoms with van der Waals surface area (Å²) in [6.45, 7) is 4.20. The maximum Gasteiger partial charge on any atom is 0.119 e. The van der Waals surface area contributed by atoms with Crippen molar-refractivity contribution in [3.05, 3.63) is 47.7 Å². The number of benzene rings is 1. The summed E-state index contributed by atoms with van der Waals surface area (Å²) in [5, 5.41) is 12.1. The predicted octanol–water partition coefficient (Wildman–Crippen LogP) is 3.32. The van der Waals surface area contributed by atoms with Gasteiger partial charge in [-0.1, -0.05) is 11.6 Å². The van der Waals surface area contributed by atoms with Gasteiger partial charge in [-0.2, -0.15) is 0 Å². The molecular weight excluding hydrogens is 300 g/mol. The molecule has 0 saturated carbocycles. The first kappa shape index (κ1) is 15.6. The lowest BCUT2D eigenvalue weighted by Crippen LogP contribution is -2.52. The third-order valence-corrected chi connectivity index (χ3v) is 5.71. The monoisotopic (exact) mass is 324 g/mol. The Bertz CT molecular complexity index is 786. The molecule has 24 heavy (non-hydrogen) atoms. The van der Waals surface area contributed by atoms with E-state index in [-0.39, 0.29) is 6.04 Å². The number of fused-ring (bicyclic) bond motifs is 4. The van der Waals surface area contributed by atoms with Gasteiger partial charge in [-0.25, -0.2) is 0 Å². The second-order valence-electron chi connectivity index (χ2n) is 6.85. The van der Waals surface area contributed by atoms with Gasteiger partial charge in [0.1, 0.15) is 5.75 Å². The first-order valence-electron chi connectivity index (χ1n) is 8.71. The Hall–Kier alpha value is -1.91. The molecular formula is C20H24N2O2. The molecule has 0 spiro atoms. The topological polar surface area (TPSA) is 45.6 Å². The predicted molar refractivity (Wildman–Crippen MR) is 95.1 cm³/mol. The number of methoxy groups -OCH3 is 1. The number of ether oxygens (including phenoxy) is 1. The Morgan fingerprint density at radius 1 is 1.38 bits per heavy atom. The molecule has 4 nitrogen and oxygen atoms in total. The largest absolute Gasteiger partial charge is 0.497 e. The molecule has 0 aliphatic carbocycles. The molecule has 5 rings (SSSR count). The van der Waals surface area contributed by atoms with Gasteiger partial charge in [-0.3, -0.25) is 9.88 Å². The molecule has 1 aromatic heterocycles. The Labute approximate surface area is 142 Å². The van der Waals surface area contributed by atoms with Crippen LogP contribution in [0, 0.1) is 5.92 Å². The van der Waals surface area contributed by atoms with Crippen molar-refractivity contribution in [3.63, 3.8) is 0 Å². The molecule has 2 bridgehead atoms. The third kappa shape index (κ3) is 2.50. The number of hydrogen-bond donors (Lipinski definition) is 1. The number of hydrogen-bond acceptors (Lipinski definition) is 4. The van der Waals surface area contributed by atoms with Crippen molar-refractivity contribution in [2.24, 2.45) is 5.92 Å². The van der Waals surface area contributed by atoms with Crippen molar-refractivity contribution >= 4 is 10.9 Å². The molecule has 126 valence electrons. The Kier molecular flexibility index (Phi) is 4.02. The van der Waals surface area contributed by atoms with Crippen molar-refractivity contribution in [3.8, 4) is 5.75 Å². The van der Waals surface area contributed by atoms with Crippen molar-refractivity contribution in [1.82, 2.24) is 9.88 Å². The molecule has 2 aromatic rings. The van der Waals surface area contributed by atoms with Crippen LogP contribution in [0.3, 0.4) is 0 Å². The van der Waals surface area contributed by atoms with Gasteiger partial charge in [-0.15, -0.1) is 0 Å². The minimum absolute atomic E-state index is 0.184. The molecule has 0 amide bonds. The molecule has 1 N–H and O–H groups in total. The second kappa shape index (κ2) is 6.19. The first-order chi connectivity index (χ1) is 11.7. The molecule has 2 unspecified atom stereocenters. The summed E-state index contributed by atoms with van der Waals surface area (Å²) in [6.07, 6.45) is 5.80. The Balaban J connectivity index is 1.70. The van der Waals surface area contributed by atoms with Crippen LogP contribution in [0.2, 0.25) is 0 Å². The SMILES string of the molecule is C/C=C1\CN2CCC1C[C@H]2[C@H](O)c1ccnc2ccc(OC)cc12.